The number of carbonyl (C=O) groups excluding carboxylic acids is 1. The normalized spacial score (nSPS) is 10.4. The first-order valence-electron chi connectivity index (χ1n) is 5.18. The molecule has 0 unspecified atom stereocenters. The maximum atomic E-state index is 11.2. The molecule has 17 heavy (non-hydrogen) atoms. The summed E-state index contributed by atoms with van der Waals surface area (Å²) in [5, 5.41) is 10.0. The molecule has 1 amide bonds. The number of aryl methyl sites for hydroxylation is 1. The van der Waals surface area contributed by atoms with Gasteiger partial charge in [-0.1, -0.05) is 12.1 Å². The number of nitrogens with one attached hydrogen (secondary N) is 1. The highest BCUT2D eigenvalue weighted by Crippen LogP contribution is 2.26. The number of aromatic nitrogens is 2. The number of phenols is 1. The molecule has 5 nitrogen and oxygen atoms in total. The van der Waals surface area contributed by atoms with Crippen LogP contribution in [0.5, 0.6) is 5.75 Å². The first kappa shape index (κ1) is 11.2. The largest absolute Gasteiger partial charge is 0.507 e. The first-order valence-corrected chi connectivity index (χ1v) is 5.18. The van der Waals surface area contributed by atoms with E-state index in [1.54, 1.807) is 31.6 Å². The fourth-order valence-corrected chi connectivity index (χ4v) is 1.77. The van der Waals surface area contributed by atoms with E-state index in [1.807, 2.05) is 0 Å². The maximum Gasteiger partial charge on any atom is 0.252 e. The van der Waals surface area contributed by atoms with E-state index in [1.165, 1.54) is 0 Å². The quantitative estimate of drug-likeness (QED) is 0.738. The molecule has 4 N–H and O–H groups in total. The summed E-state index contributed by atoms with van der Waals surface area (Å²) in [5.74, 6) is -0.677. The van der Waals surface area contributed by atoms with Gasteiger partial charge in [-0.3, -0.25) is 4.79 Å². The van der Waals surface area contributed by atoms with Gasteiger partial charge in [-0.25, -0.2) is 4.98 Å². The van der Waals surface area contributed by atoms with E-state index < -0.39 is 5.91 Å². The van der Waals surface area contributed by atoms with Crippen LogP contribution in [-0.2, 0) is 6.42 Å². The Labute approximate surface area is 98.3 Å². The molecule has 1 aromatic carbocycles. The number of imidazole rings is 1. The van der Waals surface area contributed by atoms with Gasteiger partial charge in [0.2, 0.25) is 0 Å². The van der Waals surface area contributed by atoms with Gasteiger partial charge in [0.1, 0.15) is 5.75 Å². The molecular formula is C12H13N3O2. The van der Waals surface area contributed by atoms with Gasteiger partial charge < -0.3 is 15.8 Å². The van der Waals surface area contributed by atoms with Gasteiger partial charge in [0.15, 0.2) is 0 Å². The van der Waals surface area contributed by atoms with E-state index >= 15 is 0 Å². The van der Waals surface area contributed by atoms with Crippen LogP contribution < -0.4 is 5.73 Å². The minimum Gasteiger partial charge on any atom is -0.507 e. The second-order valence-corrected chi connectivity index (χ2v) is 3.87. The molecule has 0 aliphatic rings. The van der Waals surface area contributed by atoms with E-state index in [2.05, 4.69) is 9.97 Å². The average molecular weight is 231 g/mol. The van der Waals surface area contributed by atoms with Crippen molar-refractivity contribution in [3.8, 4) is 5.75 Å². The Balaban J connectivity index is 2.42. The Hall–Kier alpha value is -2.30. The molecule has 1 aromatic heterocycles. The lowest BCUT2D eigenvalue weighted by molar-refractivity contribution is 0.0997. The summed E-state index contributed by atoms with van der Waals surface area (Å²) in [7, 11) is 0. The molecule has 5 heteroatoms. The van der Waals surface area contributed by atoms with Crippen molar-refractivity contribution in [2.24, 2.45) is 5.73 Å². The fraction of sp³-hybridized carbons (Fsp3) is 0.167. The highest BCUT2D eigenvalue weighted by atomic mass is 16.3. The van der Waals surface area contributed by atoms with Crippen LogP contribution in [0.3, 0.4) is 0 Å². The van der Waals surface area contributed by atoms with Gasteiger partial charge in [0.05, 0.1) is 17.6 Å². The molecule has 88 valence electrons. The third-order valence-corrected chi connectivity index (χ3v) is 2.64. The number of rotatable bonds is 3. The Morgan fingerprint density at radius 1 is 1.53 bits per heavy atom. The molecular weight excluding hydrogens is 218 g/mol. The van der Waals surface area contributed by atoms with E-state index in [-0.39, 0.29) is 11.3 Å². The molecule has 0 spiro atoms. The topological polar surface area (TPSA) is 92.0 Å². The number of H-pyrrole nitrogens is 1. The number of hydrogen-bond donors (Lipinski definition) is 3. The second-order valence-electron chi connectivity index (χ2n) is 3.87. The van der Waals surface area contributed by atoms with Gasteiger partial charge in [0.25, 0.3) is 5.91 Å². The van der Waals surface area contributed by atoms with E-state index in [0.717, 1.165) is 5.69 Å². The highest BCUT2D eigenvalue weighted by Gasteiger charge is 2.15. The van der Waals surface area contributed by atoms with E-state index in [9.17, 15) is 9.90 Å². The standard InChI is InChI=1S/C12H13N3O2/c1-7-2-3-8(4-9-5-14-6-15-9)11(16)10(7)12(13)17/h2-3,5-6,16H,4H2,1H3,(H2,13,17)(H,14,15). The number of hydrogen-bond acceptors (Lipinski definition) is 3. The molecule has 0 radical (unpaired) electrons. The molecule has 0 aliphatic carbocycles. The summed E-state index contributed by atoms with van der Waals surface area (Å²) in [4.78, 5) is 18.1. The number of aromatic hydroxyl groups is 1. The van der Waals surface area contributed by atoms with Gasteiger partial charge >= 0.3 is 0 Å². The maximum absolute atomic E-state index is 11.2. The van der Waals surface area contributed by atoms with Crippen molar-refractivity contribution in [1.82, 2.24) is 9.97 Å². The van der Waals surface area contributed by atoms with Crippen LogP contribution in [0.25, 0.3) is 0 Å². The minimum atomic E-state index is -0.621. The Bertz CT molecular complexity index is 547. The zero-order valence-corrected chi connectivity index (χ0v) is 9.40. The lowest BCUT2D eigenvalue weighted by Crippen LogP contribution is -2.13. The number of nitrogens with two attached hydrogens (primary N) is 1. The van der Waals surface area contributed by atoms with Crippen LogP contribution in [0.4, 0.5) is 0 Å². The van der Waals surface area contributed by atoms with Crippen molar-refractivity contribution in [2.75, 3.05) is 0 Å². The smallest absolute Gasteiger partial charge is 0.252 e. The zero-order valence-electron chi connectivity index (χ0n) is 9.40. The molecule has 0 bridgehead atoms. The van der Waals surface area contributed by atoms with Crippen LogP contribution in [0.15, 0.2) is 24.7 Å². The van der Waals surface area contributed by atoms with E-state index in [0.29, 0.717) is 17.5 Å². The number of amides is 1. The Kier molecular flexibility index (Phi) is 2.82. The Morgan fingerprint density at radius 3 is 2.88 bits per heavy atom. The molecule has 1 heterocycles. The molecule has 2 aromatic rings. The molecule has 0 atom stereocenters. The van der Waals surface area contributed by atoms with Crippen molar-refractivity contribution in [3.63, 3.8) is 0 Å². The first-order chi connectivity index (χ1) is 8.09. The van der Waals surface area contributed by atoms with Crippen LogP contribution in [0, 0.1) is 6.92 Å². The van der Waals surface area contributed by atoms with E-state index in [4.69, 9.17) is 5.73 Å². The molecule has 0 saturated heterocycles. The highest BCUT2D eigenvalue weighted by molar-refractivity contribution is 5.97. The summed E-state index contributed by atoms with van der Waals surface area (Å²) in [6.07, 6.45) is 3.76. The number of carbonyl (C=O) groups is 1. The predicted octanol–water partition coefficient (Wildman–Crippen LogP) is 1.11. The van der Waals surface area contributed by atoms with Crippen molar-refractivity contribution < 1.29 is 9.90 Å². The van der Waals surface area contributed by atoms with Gasteiger partial charge in [-0.15, -0.1) is 0 Å². The van der Waals surface area contributed by atoms with Crippen LogP contribution >= 0.6 is 0 Å². The van der Waals surface area contributed by atoms with Crippen molar-refractivity contribution in [3.05, 3.63) is 47.0 Å². The van der Waals surface area contributed by atoms with Crippen LogP contribution in [0.2, 0.25) is 0 Å². The summed E-state index contributed by atoms with van der Waals surface area (Å²) < 4.78 is 0. The van der Waals surface area contributed by atoms with Crippen molar-refractivity contribution >= 4 is 5.91 Å². The fourth-order valence-electron chi connectivity index (χ4n) is 1.77. The summed E-state index contributed by atoms with van der Waals surface area (Å²) in [6, 6.07) is 3.54. The zero-order chi connectivity index (χ0) is 12.4. The number of nitrogens with zero attached hydrogens (tertiary/aromatic N) is 1. The average Bonchev–Trinajstić information content (AvgIpc) is 2.74. The van der Waals surface area contributed by atoms with Gasteiger partial charge in [-0.05, 0) is 12.5 Å². The van der Waals surface area contributed by atoms with Crippen LogP contribution in [-0.4, -0.2) is 21.0 Å². The second kappa shape index (κ2) is 4.29. The molecule has 0 aliphatic heterocycles. The van der Waals surface area contributed by atoms with Crippen LogP contribution in [0.1, 0.15) is 27.2 Å². The third kappa shape index (κ3) is 2.13. The number of primary amides is 1. The lowest BCUT2D eigenvalue weighted by atomic mass is 10.00. The number of benzene rings is 1. The van der Waals surface area contributed by atoms with Gasteiger partial charge in [0, 0.05) is 18.2 Å². The molecule has 2 rings (SSSR count). The summed E-state index contributed by atoms with van der Waals surface area (Å²) >= 11 is 0. The molecule has 0 fully saturated rings. The minimum absolute atomic E-state index is 0.0551. The predicted molar refractivity (Wildman–Crippen MR) is 62.8 cm³/mol. The van der Waals surface area contributed by atoms with Crippen molar-refractivity contribution in [2.45, 2.75) is 13.3 Å². The lowest BCUT2D eigenvalue weighted by Gasteiger charge is -2.09. The van der Waals surface area contributed by atoms with Crippen molar-refractivity contribution in [1.29, 1.82) is 0 Å². The monoisotopic (exact) mass is 231 g/mol. The molecule has 0 saturated carbocycles. The summed E-state index contributed by atoms with van der Waals surface area (Å²) in [5.41, 5.74) is 7.51. The SMILES string of the molecule is Cc1ccc(Cc2c[nH]cn2)c(O)c1C(N)=O. The van der Waals surface area contributed by atoms with Gasteiger partial charge in [-0.2, -0.15) is 0 Å². The third-order valence-electron chi connectivity index (χ3n) is 2.64. The summed E-state index contributed by atoms with van der Waals surface area (Å²) in [6.45, 7) is 1.73. The Morgan fingerprint density at radius 2 is 2.29 bits per heavy atom. The number of aromatic amines is 1.